The summed E-state index contributed by atoms with van der Waals surface area (Å²) in [5.74, 6) is -1.58. The number of benzene rings is 2. The van der Waals surface area contributed by atoms with Gasteiger partial charge in [-0.25, -0.2) is 4.79 Å². The van der Waals surface area contributed by atoms with Crippen LogP contribution in [-0.2, 0) is 17.1 Å². The average molecular weight is 471 g/mol. The summed E-state index contributed by atoms with van der Waals surface area (Å²) in [7, 11) is 0. The van der Waals surface area contributed by atoms with E-state index in [1.165, 1.54) is 18.2 Å². The van der Waals surface area contributed by atoms with Gasteiger partial charge in [0.1, 0.15) is 0 Å². The first-order valence-corrected chi connectivity index (χ1v) is 8.66. The Morgan fingerprint density at radius 3 is 2.15 bits per heavy atom. The van der Waals surface area contributed by atoms with Gasteiger partial charge in [-0.1, -0.05) is 39.8 Å². The normalized spacial score (nSPS) is 12.6. The van der Waals surface area contributed by atoms with E-state index in [9.17, 15) is 31.1 Å². The standard InChI is InChI=1S/C17H9BrF6O2S/c18-10-2-1-3-11(8-10)27-12-6-4-9(5-7-13(25)26)14(16(19,20)21)15(12)17(22,23)24/h1-8H,(H,25,26). The van der Waals surface area contributed by atoms with E-state index in [2.05, 4.69) is 15.9 Å². The van der Waals surface area contributed by atoms with E-state index in [0.717, 1.165) is 12.1 Å². The molecule has 2 aromatic carbocycles. The number of halogens is 7. The molecule has 0 radical (unpaired) electrons. The van der Waals surface area contributed by atoms with Gasteiger partial charge in [0, 0.05) is 20.3 Å². The highest BCUT2D eigenvalue weighted by atomic mass is 79.9. The predicted octanol–water partition coefficient (Wildman–Crippen LogP) is 6.74. The second-order valence-corrected chi connectivity index (χ2v) is 7.16. The molecule has 0 unspecified atom stereocenters. The Balaban J connectivity index is 2.73. The smallest absolute Gasteiger partial charge is 0.418 e. The van der Waals surface area contributed by atoms with E-state index in [0.29, 0.717) is 33.3 Å². The number of hydrogen-bond donors (Lipinski definition) is 1. The number of alkyl halides is 6. The largest absolute Gasteiger partial charge is 0.478 e. The van der Waals surface area contributed by atoms with Crippen molar-refractivity contribution >= 4 is 39.7 Å². The fourth-order valence-corrected chi connectivity index (χ4v) is 3.82. The Bertz CT molecular complexity index is 890. The van der Waals surface area contributed by atoms with Gasteiger partial charge < -0.3 is 5.11 Å². The third-order valence-corrected chi connectivity index (χ3v) is 4.74. The molecule has 10 heteroatoms. The second kappa shape index (κ2) is 7.97. The van der Waals surface area contributed by atoms with Crippen molar-refractivity contribution in [3.8, 4) is 0 Å². The molecule has 0 bridgehead atoms. The molecule has 0 aliphatic carbocycles. The summed E-state index contributed by atoms with van der Waals surface area (Å²) in [4.78, 5) is 10.2. The van der Waals surface area contributed by atoms with E-state index in [4.69, 9.17) is 5.11 Å². The van der Waals surface area contributed by atoms with E-state index < -0.39 is 39.9 Å². The maximum atomic E-state index is 13.5. The highest BCUT2D eigenvalue weighted by Gasteiger charge is 2.46. The Labute approximate surface area is 162 Å². The molecule has 0 fully saturated rings. The van der Waals surface area contributed by atoms with Gasteiger partial charge in [0.05, 0.1) is 11.1 Å². The van der Waals surface area contributed by atoms with Crippen LogP contribution in [0.15, 0.2) is 56.7 Å². The predicted molar refractivity (Wildman–Crippen MR) is 91.4 cm³/mol. The van der Waals surface area contributed by atoms with Crippen molar-refractivity contribution in [2.45, 2.75) is 22.1 Å². The van der Waals surface area contributed by atoms with Crippen LogP contribution in [0.25, 0.3) is 6.08 Å². The lowest BCUT2D eigenvalue weighted by atomic mass is 9.99. The van der Waals surface area contributed by atoms with E-state index in [-0.39, 0.29) is 0 Å². The van der Waals surface area contributed by atoms with Crippen LogP contribution in [0.5, 0.6) is 0 Å². The van der Waals surface area contributed by atoms with Crippen LogP contribution in [0, 0.1) is 0 Å². The molecule has 0 amide bonds. The van der Waals surface area contributed by atoms with Crippen molar-refractivity contribution in [2.75, 3.05) is 0 Å². The molecule has 0 heterocycles. The third-order valence-electron chi connectivity index (χ3n) is 3.20. The molecule has 0 spiro atoms. The van der Waals surface area contributed by atoms with Crippen molar-refractivity contribution in [1.29, 1.82) is 0 Å². The molecule has 27 heavy (non-hydrogen) atoms. The maximum absolute atomic E-state index is 13.5. The zero-order valence-electron chi connectivity index (χ0n) is 13.0. The van der Waals surface area contributed by atoms with Gasteiger partial charge in [0.2, 0.25) is 0 Å². The van der Waals surface area contributed by atoms with E-state index in [1.807, 2.05) is 0 Å². The fraction of sp³-hybridized carbons (Fsp3) is 0.118. The Morgan fingerprint density at radius 1 is 1.00 bits per heavy atom. The molecule has 2 nitrogen and oxygen atoms in total. The van der Waals surface area contributed by atoms with Crippen molar-refractivity contribution < 1.29 is 36.2 Å². The van der Waals surface area contributed by atoms with E-state index in [1.54, 1.807) is 6.07 Å². The summed E-state index contributed by atoms with van der Waals surface area (Å²) in [5.41, 5.74) is -4.66. The van der Waals surface area contributed by atoms with Crippen LogP contribution >= 0.6 is 27.7 Å². The van der Waals surface area contributed by atoms with Gasteiger partial charge in [-0.15, -0.1) is 0 Å². The quantitative estimate of drug-likeness (QED) is 0.397. The molecular weight excluding hydrogens is 462 g/mol. The lowest BCUT2D eigenvalue weighted by Crippen LogP contribution is -2.19. The molecule has 144 valence electrons. The van der Waals surface area contributed by atoms with Gasteiger partial charge in [0.25, 0.3) is 0 Å². The topological polar surface area (TPSA) is 37.3 Å². The van der Waals surface area contributed by atoms with Gasteiger partial charge in [-0.05, 0) is 35.9 Å². The van der Waals surface area contributed by atoms with E-state index >= 15 is 0 Å². The number of carbonyl (C=O) groups is 1. The van der Waals surface area contributed by atoms with Crippen LogP contribution in [0.2, 0.25) is 0 Å². The zero-order valence-corrected chi connectivity index (χ0v) is 15.4. The summed E-state index contributed by atoms with van der Waals surface area (Å²) in [6.07, 6.45) is -9.79. The van der Waals surface area contributed by atoms with Crippen LogP contribution in [-0.4, -0.2) is 11.1 Å². The first-order chi connectivity index (χ1) is 12.4. The lowest BCUT2D eigenvalue weighted by Gasteiger charge is -2.21. The van der Waals surface area contributed by atoms with Crippen LogP contribution in [0.3, 0.4) is 0 Å². The maximum Gasteiger partial charge on any atom is 0.418 e. The molecule has 0 saturated carbocycles. The van der Waals surface area contributed by atoms with Crippen molar-refractivity contribution in [3.63, 3.8) is 0 Å². The molecule has 0 saturated heterocycles. The minimum absolute atomic E-state index is 0.303. The molecule has 0 atom stereocenters. The second-order valence-electron chi connectivity index (χ2n) is 5.13. The first-order valence-electron chi connectivity index (χ1n) is 7.05. The van der Waals surface area contributed by atoms with Crippen LogP contribution in [0.1, 0.15) is 16.7 Å². The molecule has 0 aromatic heterocycles. The monoisotopic (exact) mass is 470 g/mol. The van der Waals surface area contributed by atoms with Crippen molar-refractivity contribution in [1.82, 2.24) is 0 Å². The molecule has 0 aliphatic rings. The van der Waals surface area contributed by atoms with Crippen molar-refractivity contribution in [2.24, 2.45) is 0 Å². The number of rotatable bonds is 4. The molecular formula is C17H9BrF6O2S. The minimum Gasteiger partial charge on any atom is -0.478 e. The van der Waals surface area contributed by atoms with Gasteiger partial charge in [-0.3, -0.25) is 0 Å². The summed E-state index contributed by atoms with van der Waals surface area (Å²) >= 11 is 3.67. The Kier molecular flexibility index (Phi) is 6.31. The van der Waals surface area contributed by atoms with Gasteiger partial charge in [0.15, 0.2) is 0 Å². The van der Waals surface area contributed by atoms with Crippen LogP contribution < -0.4 is 0 Å². The molecule has 2 rings (SSSR count). The summed E-state index contributed by atoms with van der Waals surface area (Å²) in [6, 6.07) is 7.80. The minimum atomic E-state index is -5.34. The number of aliphatic carboxylic acids is 1. The first kappa shape index (κ1) is 21.4. The summed E-state index contributed by atoms with van der Waals surface area (Å²) in [6.45, 7) is 0. The number of carboxylic acids is 1. The lowest BCUT2D eigenvalue weighted by molar-refractivity contribution is -0.163. The number of carboxylic acid groups (broad SMARTS) is 1. The Hall–Kier alpha value is -1.94. The molecule has 1 N–H and O–H groups in total. The molecule has 2 aromatic rings. The van der Waals surface area contributed by atoms with Crippen LogP contribution in [0.4, 0.5) is 26.3 Å². The number of hydrogen-bond acceptors (Lipinski definition) is 2. The summed E-state index contributed by atoms with van der Waals surface area (Å²) < 4.78 is 81.5. The Morgan fingerprint density at radius 2 is 1.63 bits per heavy atom. The summed E-state index contributed by atoms with van der Waals surface area (Å²) in [5, 5.41) is 8.57. The molecule has 0 aliphatic heterocycles. The SMILES string of the molecule is O=C(O)C=Cc1ccc(Sc2cccc(Br)c2)c(C(F)(F)F)c1C(F)(F)F. The zero-order chi connectivity index (χ0) is 20.4. The van der Waals surface area contributed by atoms with Gasteiger partial charge >= 0.3 is 18.3 Å². The fourth-order valence-electron chi connectivity index (χ4n) is 2.23. The van der Waals surface area contributed by atoms with Gasteiger partial charge in [-0.2, -0.15) is 26.3 Å². The third kappa shape index (κ3) is 5.52. The van der Waals surface area contributed by atoms with Crippen molar-refractivity contribution in [3.05, 3.63) is 63.6 Å². The average Bonchev–Trinajstić information content (AvgIpc) is 2.51. The highest BCUT2D eigenvalue weighted by Crippen LogP contribution is 2.48. The highest BCUT2D eigenvalue weighted by molar-refractivity contribution is 9.10.